The van der Waals surface area contributed by atoms with E-state index in [2.05, 4.69) is 0 Å². The number of hydrogen-bond acceptors (Lipinski definition) is 3. The van der Waals surface area contributed by atoms with Crippen LogP contribution in [0, 0.1) is 11.8 Å². The molecule has 0 saturated heterocycles. The van der Waals surface area contributed by atoms with Crippen molar-refractivity contribution >= 4 is 11.9 Å². The smallest absolute Gasteiger partial charge is 0.307 e. The molecule has 14 heavy (non-hydrogen) atoms. The van der Waals surface area contributed by atoms with Crippen molar-refractivity contribution in [3.05, 3.63) is 0 Å². The van der Waals surface area contributed by atoms with Crippen LogP contribution in [-0.2, 0) is 14.4 Å². The number of amides is 1. The number of hydrogen-bond donors (Lipinski definition) is 1. The Balaban J connectivity index is 2.67. The maximum absolute atomic E-state index is 11.6. The summed E-state index contributed by atoms with van der Waals surface area (Å²) in [5.74, 6) is -2.08. The minimum Gasteiger partial charge on any atom is -0.481 e. The molecule has 0 aromatic carbocycles. The summed E-state index contributed by atoms with van der Waals surface area (Å²) in [4.78, 5) is 27.2. The molecule has 0 spiro atoms. The predicted octanol–water partition coefficient (Wildman–Crippen LogP) is 0.507. The van der Waals surface area contributed by atoms with Crippen molar-refractivity contribution in [2.75, 3.05) is 14.2 Å². The van der Waals surface area contributed by atoms with Crippen molar-refractivity contribution in [3.8, 4) is 0 Å². The number of carbonyl (C=O) groups is 2. The van der Waals surface area contributed by atoms with Gasteiger partial charge in [-0.1, -0.05) is 6.42 Å². The lowest BCUT2D eigenvalue weighted by molar-refractivity contribution is -0.176. The van der Waals surface area contributed by atoms with Crippen molar-refractivity contribution < 1.29 is 19.5 Å². The van der Waals surface area contributed by atoms with Crippen LogP contribution in [0.4, 0.5) is 0 Å². The molecule has 5 nitrogen and oxygen atoms in total. The van der Waals surface area contributed by atoms with Crippen LogP contribution in [0.15, 0.2) is 0 Å². The lowest BCUT2D eigenvalue weighted by Gasteiger charge is -2.20. The third-order valence-electron chi connectivity index (χ3n) is 2.73. The highest BCUT2D eigenvalue weighted by Crippen LogP contribution is 2.33. The molecule has 1 rings (SSSR count). The summed E-state index contributed by atoms with van der Waals surface area (Å²) in [5.41, 5.74) is 0. The quantitative estimate of drug-likeness (QED) is 0.675. The van der Waals surface area contributed by atoms with E-state index in [4.69, 9.17) is 9.94 Å². The van der Waals surface area contributed by atoms with Crippen LogP contribution in [-0.4, -0.2) is 36.2 Å². The topological polar surface area (TPSA) is 66.8 Å². The Morgan fingerprint density at radius 2 is 1.93 bits per heavy atom. The molecule has 1 aliphatic carbocycles. The maximum atomic E-state index is 11.6. The van der Waals surface area contributed by atoms with Gasteiger partial charge in [0.15, 0.2) is 0 Å². The average molecular weight is 201 g/mol. The molecule has 1 saturated carbocycles. The Morgan fingerprint density at radius 3 is 2.43 bits per heavy atom. The van der Waals surface area contributed by atoms with Crippen molar-refractivity contribution in [3.63, 3.8) is 0 Å². The van der Waals surface area contributed by atoms with Crippen molar-refractivity contribution in [1.82, 2.24) is 5.06 Å². The minimum absolute atomic E-state index is 0.239. The van der Waals surface area contributed by atoms with E-state index in [1.165, 1.54) is 14.2 Å². The highest BCUT2D eigenvalue weighted by Gasteiger charge is 2.39. The van der Waals surface area contributed by atoms with Gasteiger partial charge in [-0.25, -0.2) is 5.06 Å². The Kier molecular flexibility index (Phi) is 3.46. The second-order valence-electron chi connectivity index (χ2n) is 3.50. The van der Waals surface area contributed by atoms with Gasteiger partial charge in [0, 0.05) is 7.05 Å². The zero-order valence-electron chi connectivity index (χ0n) is 8.40. The van der Waals surface area contributed by atoms with Crippen LogP contribution < -0.4 is 0 Å². The monoisotopic (exact) mass is 201 g/mol. The Morgan fingerprint density at radius 1 is 1.36 bits per heavy atom. The van der Waals surface area contributed by atoms with Gasteiger partial charge in [-0.2, -0.15) is 0 Å². The molecule has 1 aliphatic rings. The molecule has 0 heterocycles. The zero-order chi connectivity index (χ0) is 10.7. The molecule has 80 valence electrons. The van der Waals surface area contributed by atoms with Gasteiger partial charge in [0.1, 0.15) is 0 Å². The first-order valence-corrected chi connectivity index (χ1v) is 4.62. The van der Waals surface area contributed by atoms with E-state index in [1.807, 2.05) is 0 Å². The van der Waals surface area contributed by atoms with E-state index in [9.17, 15) is 9.59 Å². The fraction of sp³-hybridized carbons (Fsp3) is 0.778. The standard InChI is InChI=1S/C9H15NO4/c1-10(14-2)8(11)6-4-3-5-7(6)9(12)13/h6-7H,3-5H2,1-2H3,(H,12,13). The second kappa shape index (κ2) is 4.41. The fourth-order valence-electron chi connectivity index (χ4n) is 1.87. The van der Waals surface area contributed by atoms with E-state index in [0.29, 0.717) is 12.8 Å². The lowest BCUT2D eigenvalue weighted by atomic mass is 9.95. The van der Waals surface area contributed by atoms with Crippen LogP contribution in [0.1, 0.15) is 19.3 Å². The summed E-state index contributed by atoms with van der Waals surface area (Å²) in [6.07, 6.45) is 2.03. The number of carboxylic acid groups (broad SMARTS) is 1. The third-order valence-corrected chi connectivity index (χ3v) is 2.73. The van der Waals surface area contributed by atoms with Crippen molar-refractivity contribution in [1.29, 1.82) is 0 Å². The minimum atomic E-state index is -0.884. The molecule has 1 amide bonds. The highest BCUT2D eigenvalue weighted by molar-refractivity contribution is 5.84. The molecule has 1 fully saturated rings. The van der Waals surface area contributed by atoms with Crippen LogP contribution in [0.5, 0.6) is 0 Å². The molecule has 0 aromatic rings. The summed E-state index contributed by atoms with van der Waals surface area (Å²) in [7, 11) is 2.89. The molecular weight excluding hydrogens is 186 g/mol. The first kappa shape index (κ1) is 11.0. The Labute approximate surface area is 82.6 Å². The third kappa shape index (κ3) is 2.04. The van der Waals surface area contributed by atoms with E-state index >= 15 is 0 Å². The van der Waals surface area contributed by atoms with E-state index in [1.54, 1.807) is 0 Å². The molecule has 0 bridgehead atoms. The molecule has 1 N–H and O–H groups in total. The van der Waals surface area contributed by atoms with E-state index in [-0.39, 0.29) is 5.91 Å². The van der Waals surface area contributed by atoms with Gasteiger partial charge in [-0.05, 0) is 12.8 Å². The molecule has 5 heteroatoms. The molecule has 2 atom stereocenters. The number of carbonyl (C=O) groups excluding carboxylic acids is 1. The second-order valence-corrected chi connectivity index (χ2v) is 3.50. The van der Waals surface area contributed by atoms with Gasteiger partial charge in [0.25, 0.3) is 0 Å². The first-order valence-electron chi connectivity index (χ1n) is 4.62. The Hall–Kier alpha value is -1.10. The van der Waals surface area contributed by atoms with Crippen LogP contribution >= 0.6 is 0 Å². The van der Waals surface area contributed by atoms with Gasteiger partial charge in [0.05, 0.1) is 18.9 Å². The molecular formula is C9H15NO4. The highest BCUT2D eigenvalue weighted by atomic mass is 16.7. The van der Waals surface area contributed by atoms with Gasteiger partial charge >= 0.3 is 5.97 Å². The summed E-state index contributed by atoms with van der Waals surface area (Å²) < 4.78 is 0. The van der Waals surface area contributed by atoms with Gasteiger partial charge in [0.2, 0.25) is 5.91 Å². The molecule has 0 aliphatic heterocycles. The first-order chi connectivity index (χ1) is 6.57. The number of aliphatic carboxylic acids is 1. The number of nitrogens with zero attached hydrogens (tertiary/aromatic N) is 1. The summed E-state index contributed by atoms with van der Waals surface area (Å²) in [5, 5.41) is 9.98. The molecule has 0 aromatic heterocycles. The summed E-state index contributed by atoms with van der Waals surface area (Å²) in [6, 6.07) is 0. The number of rotatable bonds is 3. The SMILES string of the molecule is CON(C)C(=O)C1CCCC1C(=O)O. The predicted molar refractivity (Wildman–Crippen MR) is 48.2 cm³/mol. The zero-order valence-corrected chi connectivity index (χ0v) is 8.40. The van der Waals surface area contributed by atoms with Crippen molar-refractivity contribution in [2.24, 2.45) is 11.8 Å². The fourth-order valence-corrected chi connectivity index (χ4v) is 1.87. The lowest BCUT2D eigenvalue weighted by Crippen LogP contribution is -2.36. The Bertz CT molecular complexity index is 241. The number of hydroxylamine groups is 2. The van der Waals surface area contributed by atoms with Crippen LogP contribution in [0.2, 0.25) is 0 Å². The van der Waals surface area contributed by atoms with E-state index < -0.39 is 17.8 Å². The summed E-state index contributed by atoms with van der Waals surface area (Å²) in [6.45, 7) is 0. The van der Waals surface area contributed by atoms with Gasteiger partial charge < -0.3 is 5.11 Å². The van der Waals surface area contributed by atoms with Gasteiger partial charge in [-0.15, -0.1) is 0 Å². The maximum Gasteiger partial charge on any atom is 0.307 e. The van der Waals surface area contributed by atoms with Crippen LogP contribution in [0.3, 0.4) is 0 Å². The summed E-state index contributed by atoms with van der Waals surface area (Å²) >= 11 is 0. The van der Waals surface area contributed by atoms with Gasteiger partial charge in [-0.3, -0.25) is 14.4 Å². The molecule has 2 unspecified atom stereocenters. The normalized spacial score (nSPS) is 26.1. The van der Waals surface area contributed by atoms with Crippen LogP contribution in [0.25, 0.3) is 0 Å². The number of carboxylic acids is 1. The largest absolute Gasteiger partial charge is 0.481 e. The van der Waals surface area contributed by atoms with Crippen molar-refractivity contribution in [2.45, 2.75) is 19.3 Å². The van der Waals surface area contributed by atoms with E-state index in [0.717, 1.165) is 11.5 Å². The molecule has 0 radical (unpaired) electrons. The average Bonchev–Trinajstić information content (AvgIpc) is 2.63.